The monoisotopic (exact) mass is 284 g/mol. The molecule has 0 aliphatic heterocycles. The van der Waals surface area contributed by atoms with E-state index in [1.807, 2.05) is 37.3 Å². The van der Waals surface area contributed by atoms with E-state index in [1.165, 1.54) is 6.07 Å². The first-order valence-electron chi connectivity index (χ1n) is 6.60. The van der Waals surface area contributed by atoms with Crippen LogP contribution in [-0.4, -0.2) is 10.8 Å². The quantitative estimate of drug-likeness (QED) is 0.691. The number of hydrogen-bond acceptors (Lipinski definition) is 3. The van der Waals surface area contributed by atoms with E-state index < -0.39 is 10.8 Å². The van der Waals surface area contributed by atoms with Gasteiger partial charge in [-0.2, -0.15) is 0 Å². The normalized spacial score (nSPS) is 11.7. The van der Waals surface area contributed by atoms with E-state index in [4.69, 9.17) is 0 Å². The third-order valence-corrected chi connectivity index (χ3v) is 3.31. The Balaban J connectivity index is 2.26. The molecule has 0 spiro atoms. The van der Waals surface area contributed by atoms with E-state index in [9.17, 15) is 14.9 Å². The van der Waals surface area contributed by atoms with Gasteiger partial charge in [-0.1, -0.05) is 42.5 Å². The fourth-order valence-electron chi connectivity index (χ4n) is 2.18. The lowest BCUT2D eigenvalue weighted by Crippen LogP contribution is -2.27. The maximum atomic E-state index is 12.3. The predicted molar refractivity (Wildman–Crippen MR) is 80.2 cm³/mol. The van der Waals surface area contributed by atoms with Crippen molar-refractivity contribution in [2.45, 2.75) is 19.9 Å². The summed E-state index contributed by atoms with van der Waals surface area (Å²) in [5.41, 5.74) is 1.36. The lowest BCUT2D eigenvalue weighted by molar-refractivity contribution is -0.385. The SMILES string of the molecule is Cc1cccc(C(=O)N[C@@H](C)c2ccccc2)c1[N+](=O)[O-]. The first-order chi connectivity index (χ1) is 10.0. The Bertz CT molecular complexity index is 668. The molecule has 0 aliphatic rings. The minimum Gasteiger partial charge on any atom is -0.345 e. The summed E-state index contributed by atoms with van der Waals surface area (Å²) in [5.74, 6) is -0.443. The van der Waals surface area contributed by atoms with Crippen molar-refractivity contribution >= 4 is 11.6 Å². The summed E-state index contributed by atoms with van der Waals surface area (Å²) in [6, 6.07) is 14.0. The Morgan fingerprint density at radius 2 is 1.81 bits per heavy atom. The van der Waals surface area contributed by atoms with Crippen molar-refractivity contribution in [3.63, 3.8) is 0 Å². The molecular weight excluding hydrogens is 268 g/mol. The highest BCUT2D eigenvalue weighted by atomic mass is 16.6. The molecule has 0 heterocycles. The van der Waals surface area contributed by atoms with E-state index in [0.717, 1.165) is 5.56 Å². The number of rotatable bonds is 4. The van der Waals surface area contributed by atoms with Gasteiger partial charge in [-0.15, -0.1) is 0 Å². The molecular formula is C16H16N2O3. The van der Waals surface area contributed by atoms with Crippen molar-refractivity contribution in [1.82, 2.24) is 5.32 Å². The number of aryl methyl sites for hydroxylation is 1. The molecule has 5 heteroatoms. The van der Waals surface area contributed by atoms with Gasteiger partial charge in [0.25, 0.3) is 11.6 Å². The Morgan fingerprint density at radius 1 is 1.14 bits per heavy atom. The third-order valence-electron chi connectivity index (χ3n) is 3.31. The summed E-state index contributed by atoms with van der Waals surface area (Å²) in [4.78, 5) is 22.9. The third kappa shape index (κ3) is 3.25. The van der Waals surface area contributed by atoms with E-state index >= 15 is 0 Å². The van der Waals surface area contributed by atoms with Gasteiger partial charge in [0, 0.05) is 5.56 Å². The molecule has 5 nitrogen and oxygen atoms in total. The number of carbonyl (C=O) groups excluding carboxylic acids is 1. The second-order valence-corrected chi connectivity index (χ2v) is 4.83. The van der Waals surface area contributed by atoms with Crippen LogP contribution in [0.25, 0.3) is 0 Å². The molecule has 0 bridgehead atoms. The van der Waals surface area contributed by atoms with Crippen LogP contribution in [0.2, 0.25) is 0 Å². The van der Waals surface area contributed by atoms with Gasteiger partial charge in [-0.3, -0.25) is 14.9 Å². The summed E-state index contributed by atoms with van der Waals surface area (Å²) < 4.78 is 0. The number of amides is 1. The molecule has 0 radical (unpaired) electrons. The Labute approximate surface area is 122 Å². The highest BCUT2D eigenvalue weighted by molar-refractivity contribution is 5.98. The molecule has 1 atom stereocenters. The van der Waals surface area contributed by atoms with Gasteiger partial charge < -0.3 is 5.32 Å². The van der Waals surface area contributed by atoms with Gasteiger partial charge in [0.1, 0.15) is 5.56 Å². The molecule has 2 aromatic carbocycles. The summed E-state index contributed by atoms with van der Waals surface area (Å²) >= 11 is 0. The number of nitrogens with zero attached hydrogens (tertiary/aromatic N) is 1. The molecule has 108 valence electrons. The average molecular weight is 284 g/mol. The molecule has 1 amide bonds. The molecule has 0 saturated heterocycles. The molecule has 0 saturated carbocycles. The van der Waals surface area contributed by atoms with E-state index in [1.54, 1.807) is 19.1 Å². The highest BCUT2D eigenvalue weighted by Gasteiger charge is 2.23. The van der Waals surface area contributed by atoms with Crippen LogP contribution in [0.5, 0.6) is 0 Å². The summed E-state index contributed by atoms with van der Waals surface area (Å²) in [7, 11) is 0. The fraction of sp³-hybridized carbons (Fsp3) is 0.188. The number of carbonyl (C=O) groups is 1. The van der Waals surface area contributed by atoms with Gasteiger partial charge in [-0.25, -0.2) is 0 Å². The minimum atomic E-state index is -0.516. The second kappa shape index (κ2) is 6.17. The van der Waals surface area contributed by atoms with Crippen LogP contribution < -0.4 is 5.32 Å². The van der Waals surface area contributed by atoms with Crippen molar-refractivity contribution in [2.75, 3.05) is 0 Å². The molecule has 1 N–H and O–H groups in total. The van der Waals surface area contributed by atoms with Crippen LogP contribution in [0.15, 0.2) is 48.5 Å². The van der Waals surface area contributed by atoms with Crippen molar-refractivity contribution in [3.05, 3.63) is 75.3 Å². The van der Waals surface area contributed by atoms with Gasteiger partial charge >= 0.3 is 0 Å². The zero-order chi connectivity index (χ0) is 15.4. The van der Waals surface area contributed by atoms with Crippen LogP contribution in [-0.2, 0) is 0 Å². The number of hydrogen-bond donors (Lipinski definition) is 1. The molecule has 0 aliphatic carbocycles. The zero-order valence-corrected chi connectivity index (χ0v) is 11.9. The number of nitro groups is 1. The topological polar surface area (TPSA) is 72.2 Å². The van der Waals surface area contributed by atoms with Gasteiger partial charge in [0.15, 0.2) is 0 Å². The van der Waals surface area contributed by atoms with Crippen molar-refractivity contribution in [3.8, 4) is 0 Å². The number of nitrogens with one attached hydrogen (secondary N) is 1. The summed E-state index contributed by atoms with van der Waals surface area (Å²) in [6.07, 6.45) is 0. The van der Waals surface area contributed by atoms with Crippen molar-refractivity contribution in [1.29, 1.82) is 0 Å². The van der Waals surface area contributed by atoms with Gasteiger partial charge in [0.05, 0.1) is 11.0 Å². The predicted octanol–water partition coefficient (Wildman–Crippen LogP) is 3.39. The highest BCUT2D eigenvalue weighted by Crippen LogP contribution is 2.23. The zero-order valence-electron chi connectivity index (χ0n) is 11.9. The molecule has 2 rings (SSSR count). The first kappa shape index (κ1) is 14.7. The molecule has 0 unspecified atom stereocenters. The van der Waals surface area contributed by atoms with E-state index in [0.29, 0.717) is 5.56 Å². The van der Waals surface area contributed by atoms with Gasteiger partial charge in [-0.05, 0) is 25.5 Å². The lowest BCUT2D eigenvalue weighted by atomic mass is 10.1. The van der Waals surface area contributed by atoms with Crippen LogP contribution >= 0.6 is 0 Å². The van der Waals surface area contributed by atoms with Crippen LogP contribution in [0.3, 0.4) is 0 Å². The van der Waals surface area contributed by atoms with Crippen molar-refractivity contribution in [2.24, 2.45) is 0 Å². The maximum Gasteiger partial charge on any atom is 0.285 e. The first-order valence-corrected chi connectivity index (χ1v) is 6.60. The minimum absolute atomic E-state index is 0.0859. The largest absolute Gasteiger partial charge is 0.345 e. The lowest BCUT2D eigenvalue weighted by Gasteiger charge is -2.14. The standard InChI is InChI=1S/C16H16N2O3/c1-11-7-6-10-14(15(11)18(20)21)16(19)17-12(2)13-8-4-3-5-9-13/h3-10,12H,1-2H3,(H,17,19)/t12-/m0/s1. The van der Waals surface area contributed by atoms with Crippen molar-refractivity contribution < 1.29 is 9.72 Å². The molecule has 21 heavy (non-hydrogen) atoms. The summed E-state index contributed by atoms with van der Waals surface area (Å²) in [5, 5.41) is 13.9. The van der Waals surface area contributed by atoms with E-state index in [-0.39, 0.29) is 17.3 Å². The fourth-order valence-corrected chi connectivity index (χ4v) is 2.18. The molecule has 0 fully saturated rings. The molecule has 2 aromatic rings. The van der Waals surface area contributed by atoms with Crippen LogP contribution in [0.1, 0.15) is 34.5 Å². The second-order valence-electron chi connectivity index (χ2n) is 4.83. The van der Waals surface area contributed by atoms with Crippen LogP contribution in [0, 0.1) is 17.0 Å². The molecule has 0 aromatic heterocycles. The van der Waals surface area contributed by atoms with E-state index in [2.05, 4.69) is 5.32 Å². The Morgan fingerprint density at radius 3 is 2.43 bits per heavy atom. The Kier molecular flexibility index (Phi) is 4.33. The van der Waals surface area contributed by atoms with Crippen LogP contribution in [0.4, 0.5) is 5.69 Å². The number of benzene rings is 2. The maximum absolute atomic E-state index is 12.3. The average Bonchev–Trinajstić information content (AvgIpc) is 2.47. The number of para-hydroxylation sites is 1. The Hall–Kier alpha value is -2.69. The summed E-state index contributed by atoms with van der Waals surface area (Å²) in [6.45, 7) is 3.46. The smallest absolute Gasteiger partial charge is 0.285 e. The number of nitro benzene ring substituents is 1. The van der Waals surface area contributed by atoms with Gasteiger partial charge in [0.2, 0.25) is 0 Å².